The molecule has 1 aliphatic rings. The number of aryl methyl sites for hydroxylation is 2. The quantitative estimate of drug-likeness (QED) is 0.723. The molecule has 1 aromatic heterocycles. The van der Waals surface area contributed by atoms with Crippen LogP contribution in [-0.2, 0) is 16.6 Å². The highest BCUT2D eigenvalue weighted by Gasteiger charge is 2.42. The second-order valence-electron chi connectivity index (χ2n) is 8.28. The van der Waals surface area contributed by atoms with Crippen molar-refractivity contribution >= 4 is 29.7 Å². The van der Waals surface area contributed by atoms with Crippen LogP contribution in [0.15, 0.2) is 6.08 Å². The second-order valence-corrected chi connectivity index (χ2v) is 8.64. The summed E-state index contributed by atoms with van der Waals surface area (Å²) in [6.45, 7) is 9.51. The average molecular weight is 397 g/mol. The fraction of sp³-hybridized carbons (Fsp3) is 0.632. The number of aromatic nitrogens is 2. The summed E-state index contributed by atoms with van der Waals surface area (Å²) < 4.78 is 6.83. The van der Waals surface area contributed by atoms with Gasteiger partial charge in [0, 0.05) is 25.2 Å². The number of rotatable bonds is 6. The molecule has 2 amide bonds. The number of carbonyl (C=O) groups excluding carboxylic acids is 2. The van der Waals surface area contributed by atoms with E-state index in [1.165, 1.54) is 6.08 Å². The second kappa shape index (κ2) is 7.92. The fourth-order valence-corrected chi connectivity index (χ4v) is 3.14. The van der Waals surface area contributed by atoms with Crippen LogP contribution in [0.5, 0.6) is 0 Å². The molecule has 0 aliphatic heterocycles. The summed E-state index contributed by atoms with van der Waals surface area (Å²) in [6, 6.07) is 0. The average Bonchev–Trinajstić information content (AvgIpc) is 3.33. The van der Waals surface area contributed by atoms with Gasteiger partial charge in [-0.1, -0.05) is 11.6 Å². The molecule has 0 radical (unpaired) electrons. The topological polar surface area (TPSA) is 85.3 Å². The van der Waals surface area contributed by atoms with Crippen molar-refractivity contribution in [3.63, 3.8) is 0 Å². The summed E-state index contributed by atoms with van der Waals surface area (Å²) in [5.74, 6) is 0.0863. The number of nitrogens with one attached hydrogen (secondary N) is 2. The molecule has 0 spiro atoms. The van der Waals surface area contributed by atoms with E-state index >= 15 is 0 Å². The molecule has 1 saturated carbocycles. The fourth-order valence-electron chi connectivity index (χ4n) is 2.90. The third kappa shape index (κ3) is 5.99. The third-order valence-corrected chi connectivity index (χ3v) is 4.93. The first-order valence-corrected chi connectivity index (χ1v) is 9.45. The monoisotopic (exact) mass is 396 g/mol. The highest BCUT2D eigenvalue weighted by Crippen LogP contribution is 2.39. The van der Waals surface area contributed by atoms with Crippen LogP contribution in [0.25, 0.3) is 6.08 Å². The van der Waals surface area contributed by atoms with E-state index < -0.39 is 17.2 Å². The van der Waals surface area contributed by atoms with Gasteiger partial charge in [0.25, 0.3) is 0 Å². The third-order valence-electron chi connectivity index (χ3n) is 4.48. The molecule has 1 atom stereocenters. The van der Waals surface area contributed by atoms with Crippen LogP contribution in [0, 0.1) is 12.8 Å². The first-order chi connectivity index (χ1) is 12.4. The Bertz CT molecular complexity index is 747. The smallest absolute Gasteiger partial charge is 0.407 e. The molecular formula is C19H29ClN4O3. The zero-order valence-corrected chi connectivity index (χ0v) is 17.6. The normalized spacial score (nSPS) is 16.9. The van der Waals surface area contributed by atoms with Crippen LogP contribution >= 0.6 is 11.6 Å². The molecule has 1 aliphatic carbocycles. The van der Waals surface area contributed by atoms with Crippen molar-refractivity contribution in [1.29, 1.82) is 0 Å². The van der Waals surface area contributed by atoms with Gasteiger partial charge >= 0.3 is 6.09 Å². The van der Waals surface area contributed by atoms with Crippen molar-refractivity contribution < 1.29 is 14.3 Å². The zero-order chi connectivity index (χ0) is 20.4. The molecule has 1 aromatic rings. The molecule has 2 N–H and O–H groups in total. The van der Waals surface area contributed by atoms with Crippen molar-refractivity contribution in [3.05, 3.63) is 22.5 Å². The lowest BCUT2D eigenvalue weighted by Crippen LogP contribution is -2.55. The Balaban J connectivity index is 1.99. The SMILES string of the molecule is Cc1nn(C)c(Cl)c1C=CC(=O)NC(C)(CNC(=O)OC(C)(C)C)C1CC1. The van der Waals surface area contributed by atoms with Gasteiger partial charge in [-0.2, -0.15) is 5.10 Å². The van der Waals surface area contributed by atoms with Crippen LogP contribution < -0.4 is 10.6 Å². The Hall–Kier alpha value is -2.02. The summed E-state index contributed by atoms with van der Waals surface area (Å²) in [6.07, 6.45) is 4.66. The van der Waals surface area contributed by atoms with Gasteiger partial charge in [0.15, 0.2) is 0 Å². The summed E-state index contributed by atoms with van der Waals surface area (Å²) in [5.41, 5.74) is 0.372. The minimum absolute atomic E-state index is 0.241. The van der Waals surface area contributed by atoms with Gasteiger partial charge in [-0.3, -0.25) is 9.48 Å². The summed E-state index contributed by atoms with van der Waals surface area (Å²) in [7, 11) is 1.75. The number of nitrogens with zero attached hydrogens (tertiary/aromatic N) is 2. The number of halogens is 1. The molecule has 1 unspecified atom stereocenters. The number of alkyl carbamates (subject to hydrolysis) is 1. The van der Waals surface area contributed by atoms with E-state index in [9.17, 15) is 9.59 Å². The number of hydrogen-bond acceptors (Lipinski definition) is 4. The van der Waals surface area contributed by atoms with E-state index in [0.29, 0.717) is 23.2 Å². The van der Waals surface area contributed by atoms with Gasteiger partial charge in [-0.05, 0) is 59.5 Å². The van der Waals surface area contributed by atoms with Crippen LogP contribution in [0.1, 0.15) is 51.8 Å². The molecule has 2 rings (SSSR count). The lowest BCUT2D eigenvalue weighted by Gasteiger charge is -2.31. The van der Waals surface area contributed by atoms with E-state index in [4.69, 9.17) is 16.3 Å². The van der Waals surface area contributed by atoms with Gasteiger partial charge in [0.05, 0.1) is 11.2 Å². The van der Waals surface area contributed by atoms with Crippen molar-refractivity contribution in [2.75, 3.05) is 6.54 Å². The van der Waals surface area contributed by atoms with Gasteiger partial charge in [0.2, 0.25) is 5.91 Å². The number of amides is 2. The predicted octanol–water partition coefficient (Wildman–Crippen LogP) is 3.20. The number of carbonyl (C=O) groups is 2. The van der Waals surface area contributed by atoms with Crippen LogP contribution in [-0.4, -0.2) is 39.5 Å². The van der Waals surface area contributed by atoms with Crippen LogP contribution in [0.4, 0.5) is 4.79 Å². The molecule has 27 heavy (non-hydrogen) atoms. The summed E-state index contributed by atoms with van der Waals surface area (Å²) in [5, 5.41) is 10.5. The summed E-state index contributed by atoms with van der Waals surface area (Å²) in [4.78, 5) is 24.4. The van der Waals surface area contributed by atoms with Gasteiger partial charge < -0.3 is 15.4 Å². The predicted molar refractivity (Wildman–Crippen MR) is 105 cm³/mol. The minimum Gasteiger partial charge on any atom is -0.444 e. The maximum Gasteiger partial charge on any atom is 0.407 e. The minimum atomic E-state index is -0.563. The molecule has 0 saturated heterocycles. The highest BCUT2D eigenvalue weighted by atomic mass is 35.5. The standard InChI is InChI=1S/C19H29ClN4O3/c1-12-14(16(20)24(6)23-12)9-10-15(25)22-19(5,13-7-8-13)11-21-17(26)27-18(2,3)4/h9-10,13H,7-8,11H2,1-6H3,(H,21,26)(H,22,25). The van der Waals surface area contributed by atoms with Crippen molar-refractivity contribution in [1.82, 2.24) is 20.4 Å². The molecule has 150 valence electrons. The molecule has 0 aromatic carbocycles. The van der Waals surface area contributed by atoms with Crippen LogP contribution in [0.2, 0.25) is 5.15 Å². The molecule has 8 heteroatoms. The van der Waals surface area contributed by atoms with E-state index in [-0.39, 0.29) is 5.91 Å². The van der Waals surface area contributed by atoms with Crippen molar-refractivity contribution in [2.24, 2.45) is 13.0 Å². The summed E-state index contributed by atoms with van der Waals surface area (Å²) >= 11 is 6.18. The number of hydrogen-bond donors (Lipinski definition) is 2. The lowest BCUT2D eigenvalue weighted by atomic mass is 9.95. The Morgan fingerprint density at radius 1 is 1.33 bits per heavy atom. The first kappa shape index (κ1) is 21.3. The largest absolute Gasteiger partial charge is 0.444 e. The number of ether oxygens (including phenoxy) is 1. The van der Waals surface area contributed by atoms with E-state index in [0.717, 1.165) is 18.5 Å². The van der Waals surface area contributed by atoms with Crippen molar-refractivity contribution in [2.45, 2.75) is 58.6 Å². The highest BCUT2D eigenvalue weighted by molar-refractivity contribution is 6.31. The Morgan fingerprint density at radius 2 is 1.96 bits per heavy atom. The Kier molecular flexibility index (Phi) is 6.24. The first-order valence-electron chi connectivity index (χ1n) is 9.07. The van der Waals surface area contributed by atoms with Gasteiger partial charge in [0.1, 0.15) is 10.8 Å². The Morgan fingerprint density at radius 3 is 2.44 bits per heavy atom. The maximum absolute atomic E-state index is 12.5. The molecule has 7 nitrogen and oxygen atoms in total. The maximum atomic E-state index is 12.5. The Labute approximate surface area is 165 Å². The molecule has 0 bridgehead atoms. The van der Waals surface area contributed by atoms with E-state index in [1.807, 2.05) is 34.6 Å². The van der Waals surface area contributed by atoms with E-state index in [1.54, 1.807) is 17.8 Å². The van der Waals surface area contributed by atoms with Crippen LogP contribution in [0.3, 0.4) is 0 Å². The molecule has 1 fully saturated rings. The zero-order valence-electron chi connectivity index (χ0n) is 16.9. The lowest BCUT2D eigenvalue weighted by molar-refractivity contribution is -0.118. The molecular weight excluding hydrogens is 368 g/mol. The van der Waals surface area contributed by atoms with Crippen molar-refractivity contribution in [3.8, 4) is 0 Å². The van der Waals surface area contributed by atoms with Gasteiger partial charge in [-0.15, -0.1) is 0 Å². The van der Waals surface area contributed by atoms with Gasteiger partial charge in [-0.25, -0.2) is 4.79 Å². The molecule has 1 heterocycles. The van der Waals surface area contributed by atoms with E-state index in [2.05, 4.69) is 15.7 Å².